The van der Waals surface area contributed by atoms with Crippen LogP contribution in [0.3, 0.4) is 0 Å². The number of aliphatic carboxylic acids is 2. The lowest BCUT2D eigenvalue weighted by Gasteiger charge is -2.04. The van der Waals surface area contributed by atoms with Gasteiger partial charge in [-0.3, -0.25) is 9.59 Å². The molecule has 2 aromatic rings. The smallest absolute Gasteiger partial charge is 0.372 e. The van der Waals surface area contributed by atoms with Crippen LogP contribution in [-0.2, 0) is 32.0 Å². The molecule has 8 nitrogen and oxygen atoms in total. The Morgan fingerprint density at radius 1 is 0.600 bits per heavy atom. The molecular formula is C18H12I4O8. The van der Waals surface area contributed by atoms with Crippen LogP contribution in [-0.4, -0.2) is 43.9 Å². The Morgan fingerprint density at radius 2 is 0.833 bits per heavy atom. The van der Waals surface area contributed by atoms with Gasteiger partial charge in [-0.1, -0.05) is 0 Å². The predicted octanol–water partition coefficient (Wildman–Crippen LogP) is 3.60. The summed E-state index contributed by atoms with van der Waals surface area (Å²) in [6.07, 6.45) is -0.302. The van der Waals surface area contributed by atoms with Gasteiger partial charge in [-0.25, -0.2) is 9.59 Å². The van der Waals surface area contributed by atoms with Crippen LogP contribution in [0, 0.1) is 14.3 Å². The molecule has 2 aromatic carbocycles. The SMILES string of the molecule is O=C(O)C(=O)Cc1cc(I)c(O)c(I)c1.O=C(O)C(=O)Cc1cc(I)c(O)c(I)c1. The van der Waals surface area contributed by atoms with Crippen LogP contribution < -0.4 is 0 Å². The number of benzene rings is 2. The largest absolute Gasteiger partial charge is 0.506 e. The van der Waals surface area contributed by atoms with E-state index < -0.39 is 23.5 Å². The molecule has 0 atom stereocenters. The van der Waals surface area contributed by atoms with Crippen LogP contribution in [0.4, 0.5) is 0 Å². The maximum Gasteiger partial charge on any atom is 0.372 e. The van der Waals surface area contributed by atoms with Crippen LogP contribution in [0.5, 0.6) is 11.5 Å². The first-order valence-corrected chi connectivity index (χ1v) is 12.0. The number of Topliss-reactive ketones (excluding diaryl/α,β-unsaturated/α-hetero) is 2. The highest BCUT2D eigenvalue weighted by Crippen LogP contribution is 2.28. The topological polar surface area (TPSA) is 149 Å². The highest BCUT2D eigenvalue weighted by Gasteiger charge is 2.15. The van der Waals surface area contributed by atoms with E-state index >= 15 is 0 Å². The molecule has 0 amide bonds. The molecule has 0 saturated heterocycles. The number of carboxylic acid groups (broad SMARTS) is 2. The second-order valence-corrected chi connectivity index (χ2v) is 10.3. The van der Waals surface area contributed by atoms with Crippen LogP contribution in [0.25, 0.3) is 0 Å². The van der Waals surface area contributed by atoms with E-state index in [0.717, 1.165) is 0 Å². The van der Waals surface area contributed by atoms with Gasteiger partial charge < -0.3 is 20.4 Å². The molecule has 0 heterocycles. The Labute approximate surface area is 225 Å². The highest BCUT2D eigenvalue weighted by atomic mass is 127. The minimum Gasteiger partial charge on any atom is -0.506 e. The maximum absolute atomic E-state index is 11.0. The van der Waals surface area contributed by atoms with Gasteiger partial charge in [-0.2, -0.15) is 0 Å². The number of phenols is 2. The number of carbonyl (C=O) groups is 4. The van der Waals surface area contributed by atoms with Gasteiger partial charge in [-0.05, 0) is 126 Å². The number of carbonyl (C=O) groups excluding carboxylic acids is 2. The third-order valence-corrected chi connectivity index (χ3v) is 6.65. The molecule has 12 heteroatoms. The lowest BCUT2D eigenvalue weighted by atomic mass is 10.1. The summed E-state index contributed by atoms with van der Waals surface area (Å²) in [5.74, 6) is -4.27. The van der Waals surface area contributed by atoms with Crippen LogP contribution in [0.1, 0.15) is 11.1 Å². The van der Waals surface area contributed by atoms with E-state index in [2.05, 4.69) is 0 Å². The third kappa shape index (κ3) is 8.40. The lowest BCUT2D eigenvalue weighted by molar-refractivity contribution is -0.148. The molecule has 0 radical (unpaired) electrons. The fourth-order valence-corrected chi connectivity index (χ4v) is 5.76. The number of phenolic OH excluding ortho intramolecular Hbond substituents is 2. The van der Waals surface area contributed by atoms with Crippen LogP contribution >= 0.6 is 90.4 Å². The van der Waals surface area contributed by atoms with E-state index in [0.29, 0.717) is 25.4 Å². The van der Waals surface area contributed by atoms with Crippen LogP contribution in [0.2, 0.25) is 0 Å². The quantitative estimate of drug-likeness (QED) is 0.255. The molecule has 30 heavy (non-hydrogen) atoms. The van der Waals surface area contributed by atoms with Crippen molar-refractivity contribution in [1.82, 2.24) is 0 Å². The normalized spacial score (nSPS) is 10.0. The monoisotopic (exact) mass is 864 g/mol. The van der Waals surface area contributed by atoms with Crippen LogP contribution in [0.15, 0.2) is 24.3 Å². The molecule has 0 unspecified atom stereocenters. The minimum absolute atomic E-state index is 0.151. The van der Waals surface area contributed by atoms with Gasteiger partial charge in [0.1, 0.15) is 11.5 Å². The van der Waals surface area contributed by atoms with Crippen molar-refractivity contribution < 1.29 is 39.6 Å². The first kappa shape index (κ1) is 27.3. The number of hydrogen-bond acceptors (Lipinski definition) is 6. The van der Waals surface area contributed by atoms with E-state index in [-0.39, 0.29) is 24.3 Å². The van der Waals surface area contributed by atoms with Crippen molar-refractivity contribution in [2.24, 2.45) is 0 Å². The van der Waals surface area contributed by atoms with Gasteiger partial charge >= 0.3 is 11.9 Å². The number of ketones is 2. The number of halogens is 4. The Hall–Kier alpha value is -0.760. The molecule has 0 fully saturated rings. The molecule has 0 saturated carbocycles. The summed E-state index contributed by atoms with van der Waals surface area (Å²) in [6.45, 7) is 0. The second-order valence-electron chi connectivity index (χ2n) is 5.63. The van der Waals surface area contributed by atoms with Gasteiger partial charge in [0.2, 0.25) is 11.6 Å². The summed E-state index contributed by atoms with van der Waals surface area (Å²) >= 11 is 7.70. The molecule has 2 rings (SSSR count). The van der Waals surface area contributed by atoms with E-state index in [1.807, 2.05) is 90.4 Å². The fourth-order valence-electron chi connectivity index (χ4n) is 1.96. The van der Waals surface area contributed by atoms with Crippen molar-refractivity contribution in [3.05, 3.63) is 49.7 Å². The Balaban J connectivity index is 0.000000300. The lowest BCUT2D eigenvalue weighted by Crippen LogP contribution is -2.15. The standard InChI is InChI=1S/2C9H6I2O4/c2*10-5-1-4(2-6(11)8(5)13)3-7(12)9(14)15/h2*1-2,13H,3H2,(H,14,15). The molecule has 0 aliphatic heterocycles. The van der Waals surface area contributed by atoms with Gasteiger partial charge in [-0.15, -0.1) is 0 Å². The van der Waals surface area contributed by atoms with Gasteiger partial charge in [0.05, 0.1) is 14.3 Å². The second kappa shape index (κ2) is 12.3. The molecule has 0 aliphatic rings. The minimum atomic E-state index is -1.44. The average molecular weight is 864 g/mol. The zero-order valence-electron chi connectivity index (χ0n) is 14.7. The van der Waals surface area contributed by atoms with E-state index in [1.165, 1.54) is 0 Å². The maximum atomic E-state index is 11.0. The van der Waals surface area contributed by atoms with Crippen molar-refractivity contribution in [2.75, 3.05) is 0 Å². The Bertz CT molecular complexity index is 892. The molecular weight excluding hydrogens is 852 g/mol. The fraction of sp³-hybridized carbons (Fsp3) is 0.111. The van der Waals surface area contributed by atoms with E-state index in [4.69, 9.17) is 10.2 Å². The first-order valence-electron chi connectivity index (χ1n) is 7.69. The van der Waals surface area contributed by atoms with Crippen molar-refractivity contribution >= 4 is 114 Å². The number of aromatic hydroxyl groups is 2. The zero-order valence-corrected chi connectivity index (χ0v) is 23.3. The molecule has 160 valence electrons. The molecule has 0 bridgehead atoms. The summed E-state index contributed by atoms with van der Waals surface area (Å²) in [7, 11) is 0. The first-order chi connectivity index (χ1) is 13.8. The molecule has 0 aliphatic carbocycles. The predicted molar refractivity (Wildman–Crippen MR) is 140 cm³/mol. The number of carboxylic acids is 2. The summed E-state index contributed by atoms with van der Waals surface area (Å²) in [5.41, 5.74) is 1.18. The molecule has 4 N–H and O–H groups in total. The van der Waals surface area contributed by atoms with Crippen molar-refractivity contribution in [3.8, 4) is 11.5 Å². The highest BCUT2D eigenvalue weighted by molar-refractivity contribution is 14.1. The number of hydrogen-bond donors (Lipinski definition) is 4. The summed E-state index contributed by atoms with van der Waals surface area (Å²) in [4.78, 5) is 42.6. The van der Waals surface area contributed by atoms with Gasteiger partial charge in [0.15, 0.2) is 0 Å². The Kier molecular flexibility index (Phi) is 11.2. The van der Waals surface area contributed by atoms with Crippen molar-refractivity contribution in [3.63, 3.8) is 0 Å². The zero-order chi connectivity index (χ0) is 23.2. The summed E-state index contributed by atoms with van der Waals surface area (Å²) < 4.78 is 2.42. The van der Waals surface area contributed by atoms with Gasteiger partial charge in [0.25, 0.3) is 0 Å². The van der Waals surface area contributed by atoms with Crippen molar-refractivity contribution in [1.29, 1.82) is 0 Å². The van der Waals surface area contributed by atoms with Crippen molar-refractivity contribution in [2.45, 2.75) is 12.8 Å². The van der Waals surface area contributed by atoms with E-state index in [9.17, 15) is 29.4 Å². The molecule has 0 aromatic heterocycles. The summed E-state index contributed by atoms with van der Waals surface area (Å²) in [5, 5.41) is 35.8. The third-order valence-electron chi connectivity index (χ3n) is 3.36. The summed E-state index contributed by atoms with van der Waals surface area (Å²) in [6, 6.07) is 6.38. The van der Waals surface area contributed by atoms with Gasteiger partial charge in [0, 0.05) is 12.8 Å². The molecule has 0 spiro atoms. The Morgan fingerprint density at radius 3 is 1.03 bits per heavy atom. The number of rotatable bonds is 6. The average Bonchev–Trinajstić information content (AvgIpc) is 2.64. The van der Waals surface area contributed by atoms with E-state index in [1.54, 1.807) is 24.3 Å².